The van der Waals surface area contributed by atoms with Gasteiger partial charge in [-0.05, 0) is 31.2 Å². The highest BCUT2D eigenvalue weighted by molar-refractivity contribution is 6.00. The molecule has 0 aliphatic heterocycles. The van der Waals surface area contributed by atoms with Gasteiger partial charge in [0.25, 0.3) is 5.91 Å². The Hall–Kier alpha value is -2.37. The number of fused-ring (bicyclic) bond motifs is 1. The van der Waals surface area contributed by atoms with E-state index in [0.717, 1.165) is 5.39 Å². The largest absolute Gasteiger partial charge is 0.480 e. The molecule has 1 atom stereocenters. The zero-order valence-corrected chi connectivity index (χ0v) is 10.5. The third-order valence-corrected chi connectivity index (χ3v) is 2.96. The second kappa shape index (κ2) is 4.72. The van der Waals surface area contributed by atoms with E-state index in [9.17, 15) is 14.0 Å². The van der Waals surface area contributed by atoms with Gasteiger partial charge in [0.15, 0.2) is 0 Å². The van der Waals surface area contributed by atoms with Crippen LogP contribution in [0.2, 0.25) is 0 Å². The zero-order chi connectivity index (χ0) is 14.2. The molecule has 2 aromatic rings. The summed E-state index contributed by atoms with van der Waals surface area (Å²) >= 11 is 0. The average Bonchev–Trinajstić information content (AvgIpc) is 2.66. The van der Waals surface area contributed by atoms with E-state index in [1.807, 2.05) is 0 Å². The predicted octanol–water partition coefficient (Wildman–Crippen LogP) is 1.52. The molecule has 2 N–H and O–H groups in total. The summed E-state index contributed by atoms with van der Waals surface area (Å²) in [5.41, 5.74) is 0.863. The first-order chi connectivity index (χ1) is 8.90. The highest BCUT2D eigenvalue weighted by Crippen LogP contribution is 2.19. The Balaban J connectivity index is 2.37. The number of aromatic nitrogens is 1. The molecule has 0 saturated heterocycles. The van der Waals surface area contributed by atoms with Crippen LogP contribution in [0.15, 0.2) is 24.3 Å². The van der Waals surface area contributed by atoms with Crippen LogP contribution in [0.1, 0.15) is 17.4 Å². The minimum absolute atomic E-state index is 0.286. The van der Waals surface area contributed by atoms with E-state index in [2.05, 4.69) is 5.32 Å². The van der Waals surface area contributed by atoms with Crippen LogP contribution in [0, 0.1) is 5.82 Å². The van der Waals surface area contributed by atoms with Crippen LogP contribution in [-0.2, 0) is 11.8 Å². The first-order valence-electron chi connectivity index (χ1n) is 5.69. The third kappa shape index (κ3) is 2.42. The number of carbonyl (C=O) groups is 2. The Morgan fingerprint density at radius 1 is 1.37 bits per heavy atom. The van der Waals surface area contributed by atoms with Crippen molar-refractivity contribution in [2.45, 2.75) is 13.0 Å². The Bertz CT molecular complexity index is 663. The van der Waals surface area contributed by atoms with Crippen LogP contribution in [0.4, 0.5) is 4.39 Å². The SMILES string of the molecule is C[C@@H](NC(=O)c1cc2ccc(F)cc2n1C)C(=O)O. The molecule has 1 aromatic carbocycles. The number of carboxylic acid groups (broad SMARTS) is 1. The van der Waals surface area contributed by atoms with Crippen LogP contribution >= 0.6 is 0 Å². The molecule has 1 aromatic heterocycles. The van der Waals surface area contributed by atoms with Crippen LogP contribution in [0.3, 0.4) is 0 Å². The lowest BCUT2D eigenvalue weighted by Gasteiger charge is -2.09. The van der Waals surface area contributed by atoms with Crippen LogP contribution < -0.4 is 5.32 Å². The first kappa shape index (κ1) is 13.1. The van der Waals surface area contributed by atoms with E-state index in [1.165, 1.54) is 23.6 Å². The minimum atomic E-state index is -1.11. The number of carboxylic acids is 1. The van der Waals surface area contributed by atoms with E-state index < -0.39 is 17.9 Å². The lowest BCUT2D eigenvalue weighted by Crippen LogP contribution is -2.39. The van der Waals surface area contributed by atoms with Gasteiger partial charge in [0.05, 0.1) is 5.52 Å². The number of carbonyl (C=O) groups excluding carboxylic acids is 1. The lowest BCUT2D eigenvalue weighted by atomic mass is 10.2. The van der Waals surface area contributed by atoms with E-state index in [1.54, 1.807) is 19.2 Å². The van der Waals surface area contributed by atoms with Crippen molar-refractivity contribution in [2.24, 2.45) is 7.05 Å². The molecule has 1 heterocycles. The maximum atomic E-state index is 13.2. The van der Waals surface area contributed by atoms with Crippen molar-refractivity contribution in [2.75, 3.05) is 0 Å². The van der Waals surface area contributed by atoms with Gasteiger partial charge in [-0.15, -0.1) is 0 Å². The van der Waals surface area contributed by atoms with Gasteiger partial charge in [0.1, 0.15) is 17.6 Å². The second-order valence-corrected chi connectivity index (χ2v) is 4.33. The Morgan fingerprint density at radius 3 is 2.68 bits per heavy atom. The molecule has 2 rings (SSSR count). The number of benzene rings is 1. The van der Waals surface area contributed by atoms with Crippen molar-refractivity contribution >= 4 is 22.8 Å². The number of hydrogen-bond donors (Lipinski definition) is 2. The average molecular weight is 264 g/mol. The number of halogens is 1. The molecule has 0 unspecified atom stereocenters. The molecule has 0 saturated carbocycles. The van der Waals surface area contributed by atoms with E-state index >= 15 is 0 Å². The van der Waals surface area contributed by atoms with Gasteiger partial charge in [-0.1, -0.05) is 0 Å². The van der Waals surface area contributed by atoms with Crippen molar-refractivity contribution in [3.05, 3.63) is 35.8 Å². The Kier molecular flexibility index (Phi) is 3.25. The highest BCUT2D eigenvalue weighted by Gasteiger charge is 2.18. The molecule has 0 spiro atoms. The van der Waals surface area contributed by atoms with Gasteiger partial charge >= 0.3 is 5.97 Å². The quantitative estimate of drug-likeness (QED) is 0.883. The monoisotopic (exact) mass is 264 g/mol. The number of rotatable bonds is 3. The molecule has 6 heteroatoms. The standard InChI is InChI=1S/C13H13FN2O3/c1-7(13(18)19)15-12(17)11-5-8-3-4-9(14)6-10(8)16(11)2/h3-7H,1-2H3,(H,15,17)(H,18,19)/t7-/m1/s1. The summed E-state index contributed by atoms with van der Waals surface area (Å²) in [7, 11) is 1.63. The van der Waals surface area contributed by atoms with E-state index in [4.69, 9.17) is 5.11 Å². The third-order valence-electron chi connectivity index (χ3n) is 2.96. The highest BCUT2D eigenvalue weighted by atomic mass is 19.1. The molecule has 0 aliphatic carbocycles. The van der Waals surface area contributed by atoms with Crippen LogP contribution in [0.5, 0.6) is 0 Å². The lowest BCUT2D eigenvalue weighted by molar-refractivity contribution is -0.138. The van der Waals surface area contributed by atoms with Gasteiger partial charge in [0, 0.05) is 12.4 Å². The second-order valence-electron chi connectivity index (χ2n) is 4.33. The molecule has 0 radical (unpaired) electrons. The molecule has 0 aliphatic rings. The summed E-state index contributed by atoms with van der Waals surface area (Å²) in [4.78, 5) is 22.6. The molecule has 0 bridgehead atoms. The summed E-state index contributed by atoms with van der Waals surface area (Å²) in [5.74, 6) is -2.01. The first-order valence-corrected chi connectivity index (χ1v) is 5.69. The molecule has 100 valence electrons. The molecular formula is C13H13FN2O3. The number of amides is 1. The van der Waals surface area contributed by atoms with E-state index in [0.29, 0.717) is 5.52 Å². The van der Waals surface area contributed by atoms with E-state index in [-0.39, 0.29) is 11.5 Å². The zero-order valence-electron chi connectivity index (χ0n) is 10.5. The smallest absolute Gasteiger partial charge is 0.325 e. The van der Waals surface area contributed by atoms with Gasteiger partial charge in [-0.2, -0.15) is 0 Å². The van der Waals surface area contributed by atoms with Crippen molar-refractivity contribution in [1.29, 1.82) is 0 Å². The maximum Gasteiger partial charge on any atom is 0.325 e. The number of nitrogens with one attached hydrogen (secondary N) is 1. The summed E-state index contributed by atoms with van der Waals surface area (Å²) in [5, 5.41) is 11.8. The van der Waals surface area contributed by atoms with Crippen LogP contribution in [0.25, 0.3) is 10.9 Å². The van der Waals surface area contributed by atoms with Crippen molar-refractivity contribution in [3.8, 4) is 0 Å². The van der Waals surface area contributed by atoms with Gasteiger partial charge < -0.3 is 15.0 Å². The summed E-state index contributed by atoms with van der Waals surface area (Å²) in [6.07, 6.45) is 0. The molecule has 0 fully saturated rings. The molecular weight excluding hydrogens is 251 g/mol. The van der Waals surface area contributed by atoms with Gasteiger partial charge in [-0.25, -0.2) is 4.39 Å². The molecule has 5 nitrogen and oxygen atoms in total. The predicted molar refractivity (Wildman–Crippen MR) is 67.4 cm³/mol. The fraction of sp³-hybridized carbons (Fsp3) is 0.231. The molecule has 19 heavy (non-hydrogen) atoms. The Morgan fingerprint density at radius 2 is 2.05 bits per heavy atom. The fourth-order valence-electron chi connectivity index (χ4n) is 1.85. The summed E-state index contributed by atoms with van der Waals surface area (Å²) in [6.45, 7) is 1.38. The number of nitrogens with zero attached hydrogens (tertiary/aromatic N) is 1. The summed E-state index contributed by atoms with van der Waals surface area (Å²) in [6, 6.07) is 4.82. The topological polar surface area (TPSA) is 71.3 Å². The van der Waals surface area contributed by atoms with Crippen molar-refractivity contribution < 1.29 is 19.1 Å². The number of hydrogen-bond acceptors (Lipinski definition) is 2. The minimum Gasteiger partial charge on any atom is -0.480 e. The Labute approximate surface area is 108 Å². The van der Waals surface area contributed by atoms with Gasteiger partial charge in [-0.3, -0.25) is 9.59 Å². The van der Waals surface area contributed by atoms with Gasteiger partial charge in [0.2, 0.25) is 0 Å². The van der Waals surface area contributed by atoms with Crippen molar-refractivity contribution in [1.82, 2.24) is 9.88 Å². The fourth-order valence-corrected chi connectivity index (χ4v) is 1.85. The summed E-state index contributed by atoms with van der Waals surface area (Å²) < 4.78 is 14.7. The normalized spacial score (nSPS) is 12.4. The van der Waals surface area contributed by atoms with Crippen molar-refractivity contribution in [3.63, 3.8) is 0 Å². The number of aryl methyl sites for hydroxylation is 1. The maximum absolute atomic E-state index is 13.2. The number of aliphatic carboxylic acids is 1. The van der Waals surface area contributed by atoms with Crippen LogP contribution in [-0.4, -0.2) is 27.6 Å². The molecule has 1 amide bonds.